The van der Waals surface area contributed by atoms with Crippen LogP contribution in [0.3, 0.4) is 0 Å². The van der Waals surface area contributed by atoms with E-state index >= 15 is 0 Å². The minimum atomic E-state index is -0.946. The van der Waals surface area contributed by atoms with Gasteiger partial charge in [0, 0.05) is 11.8 Å². The first-order valence-corrected chi connectivity index (χ1v) is 5.42. The van der Waals surface area contributed by atoms with Crippen molar-refractivity contribution in [2.24, 2.45) is 0 Å². The number of nitrogens with zero attached hydrogens (tertiary/aromatic N) is 4. The Hall–Kier alpha value is -2.15. The molecule has 0 radical (unpaired) electrons. The lowest BCUT2D eigenvalue weighted by atomic mass is 10.2. The molecular weight excluding hydrogens is 258 g/mol. The Labute approximate surface area is 107 Å². The summed E-state index contributed by atoms with van der Waals surface area (Å²) in [6.07, 6.45) is 2.99. The summed E-state index contributed by atoms with van der Waals surface area (Å²) in [5.41, 5.74) is 6.69. The van der Waals surface area contributed by atoms with Crippen LogP contribution in [0.1, 0.15) is 13.0 Å². The van der Waals surface area contributed by atoms with Crippen molar-refractivity contribution >= 4 is 23.4 Å². The molecule has 0 saturated heterocycles. The molecule has 0 bridgehead atoms. The highest BCUT2D eigenvalue weighted by atomic mass is 35.5. The Kier molecular flexibility index (Phi) is 3.15. The van der Waals surface area contributed by atoms with Crippen molar-refractivity contribution in [3.63, 3.8) is 0 Å². The first-order valence-electron chi connectivity index (χ1n) is 5.04. The van der Waals surface area contributed by atoms with Crippen molar-refractivity contribution in [1.29, 1.82) is 0 Å². The van der Waals surface area contributed by atoms with Gasteiger partial charge in [0.15, 0.2) is 11.0 Å². The molecule has 2 heterocycles. The molecule has 2 rings (SSSR count). The fourth-order valence-electron chi connectivity index (χ4n) is 1.40. The van der Waals surface area contributed by atoms with Crippen LogP contribution in [-0.4, -0.2) is 30.8 Å². The number of anilines is 1. The van der Waals surface area contributed by atoms with Crippen molar-refractivity contribution < 1.29 is 9.90 Å². The number of nitrogen functional groups attached to an aromatic ring is 1. The third kappa shape index (κ3) is 2.25. The standard InChI is InChI=1S/C10H10ClN5O2/c1-5(10(17)18)16-3-7(13-4-16)6-2-8(11)14-15-9(6)12/h2-5H,1H3,(H2,12,15)(H,17,18). The summed E-state index contributed by atoms with van der Waals surface area (Å²) < 4.78 is 1.46. The molecule has 0 aliphatic heterocycles. The van der Waals surface area contributed by atoms with E-state index in [0.29, 0.717) is 11.3 Å². The highest BCUT2D eigenvalue weighted by molar-refractivity contribution is 6.29. The maximum atomic E-state index is 10.8. The van der Waals surface area contributed by atoms with Crippen LogP contribution < -0.4 is 5.73 Å². The molecule has 2 aromatic rings. The summed E-state index contributed by atoms with van der Waals surface area (Å²) in [6.45, 7) is 1.55. The summed E-state index contributed by atoms with van der Waals surface area (Å²) >= 11 is 5.73. The first-order chi connectivity index (χ1) is 8.49. The Morgan fingerprint density at radius 2 is 2.28 bits per heavy atom. The summed E-state index contributed by atoms with van der Waals surface area (Å²) in [7, 11) is 0. The van der Waals surface area contributed by atoms with Crippen LogP contribution in [0.2, 0.25) is 5.15 Å². The van der Waals surface area contributed by atoms with E-state index in [1.54, 1.807) is 13.1 Å². The van der Waals surface area contributed by atoms with Crippen LogP contribution in [0.25, 0.3) is 11.3 Å². The van der Waals surface area contributed by atoms with Crippen LogP contribution in [-0.2, 0) is 4.79 Å². The molecule has 18 heavy (non-hydrogen) atoms. The van der Waals surface area contributed by atoms with Gasteiger partial charge in [-0.15, -0.1) is 10.2 Å². The molecule has 0 saturated carbocycles. The number of carbonyl (C=O) groups is 1. The normalized spacial score (nSPS) is 12.3. The average molecular weight is 268 g/mol. The third-order valence-electron chi connectivity index (χ3n) is 2.47. The number of carboxylic acid groups (broad SMARTS) is 1. The number of halogens is 1. The predicted molar refractivity (Wildman–Crippen MR) is 65.0 cm³/mol. The fraction of sp³-hybridized carbons (Fsp3) is 0.200. The Balaban J connectivity index is 2.41. The number of aliphatic carboxylic acids is 1. The topological polar surface area (TPSA) is 107 Å². The molecule has 0 aliphatic rings. The predicted octanol–water partition coefficient (Wildman–Crippen LogP) is 1.22. The van der Waals surface area contributed by atoms with Crippen LogP contribution >= 0.6 is 11.6 Å². The maximum Gasteiger partial charge on any atom is 0.326 e. The van der Waals surface area contributed by atoms with Gasteiger partial charge in [-0.2, -0.15) is 0 Å². The van der Waals surface area contributed by atoms with Gasteiger partial charge in [-0.25, -0.2) is 9.78 Å². The van der Waals surface area contributed by atoms with Crippen molar-refractivity contribution in [2.75, 3.05) is 5.73 Å². The summed E-state index contributed by atoms with van der Waals surface area (Å²) in [6, 6.07) is 0.819. The Morgan fingerprint density at radius 1 is 1.56 bits per heavy atom. The molecular formula is C10H10ClN5O2. The van der Waals surface area contributed by atoms with Gasteiger partial charge in [0.25, 0.3) is 0 Å². The van der Waals surface area contributed by atoms with E-state index in [9.17, 15) is 4.79 Å². The largest absolute Gasteiger partial charge is 0.480 e. The highest BCUT2D eigenvalue weighted by Gasteiger charge is 2.15. The monoisotopic (exact) mass is 267 g/mol. The van der Waals surface area contributed by atoms with E-state index in [2.05, 4.69) is 15.2 Å². The van der Waals surface area contributed by atoms with Crippen LogP contribution in [0.15, 0.2) is 18.6 Å². The SMILES string of the molecule is CC(C(=O)O)n1cnc(-c2cc(Cl)nnc2N)c1. The average Bonchev–Trinajstić information content (AvgIpc) is 2.80. The minimum Gasteiger partial charge on any atom is -0.480 e. The number of hydrogen-bond donors (Lipinski definition) is 2. The quantitative estimate of drug-likeness (QED) is 0.866. The zero-order valence-corrected chi connectivity index (χ0v) is 10.2. The molecule has 0 amide bonds. The van der Waals surface area contributed by atoms with Crippen LogP contribution in [0, 0.1) is 0 Å². The summed E-state index contributed by atoms with van der Waals surface area (Å²) in [5, 5.41) is 16.4. The number of aromatic nitrogens is 4. The summed E-state index contributed by atoms with van der Waals surface area (Å²) in [5.74, 6) is -0.759. The molecule has 0 aliphatic carbocycles. The minimum absolute atomic E-state index is 0.188. The number of rotatable bonds is 3. The van der Waals surface area contributed by atoms with Gasteiger partial charge in [0.05, 0.1) is 12.0 Å². The zero-order valence-electron chi connectivity index (χ0n) is 9.41. The lowest BCUT2D eigenvalue weighted by Crippen LogP contribution is -2.13. The zero-order chi connectivity index (χ0) is 13.3. The Morgan fingerprint density at radius 3 is 2.94 bits per heavy atom. The number of hydrogen-bond acceptors (Lipinski definition) is 5. The van der Waals surface area contributed by atoms with Crippen LogP contribution in [0.4, 0.5) is 5.82 Å². The van der Waals surface area contributed by atoms with Gasteiger partial charge in [0.2, 0.25) is 0 Å². The molecule has 1 unspecified atom stereocenters. The lowest BCUT2D eigenvalue weighted by Gasteiger charge is -2.06. The van der Waals surface area contributed by atoms with Gasteiger partial charge >= 0.3 is 5.97 Å². The van der Waals surface area contributed by atoms with E-state index in [-0.39, 0.29) is 11.0 Å². The fourth-order valence-corrected chi connectivity index (χ4v) is 1.54. The second-order valence-electron chi connectivity index (χ2n) is 3.69. The van der Waals surface area contributed by atoms with E-state index in [4.69, 9.17) is 22.4 Å². The number of carboxylic acids is 1. The lowest BCUT2D eigenvalue weighted by molar-refractivity contribution is -0.140. The molecule has 94 valence electrons. The third-order valence-corrected chi connectivity index (χ3v) is 2.66. The number of imidazole rings is 1. The first kappa shape index (κ1) is 12.3. The van der Waals surface area contributed by atoms with Crippen molar-refractivity contribution in [2.45, 2.75) is 13.0 Å². The van der Waals surface area contributed by atoms with Gasteiger partial charge in [-0.1, -0.05) is 11.6 Å². The molecule has 0 aromatic carbocycles. The maximum absolute atomic E-state index is 10.8. The molecule has 3 N–H and O–H groups in total. The molecule has 1 atom stereocenters. The van der Waals surface area contributed by atoms with Crippen molar-refractivity contribution in [3.05, 3.63) is 23.7 Å². The van der Waals surface area contributed by atoms with Gasteiger partial charge in [-0.05, 0) is 13.0 Å². The Bertz CT molecular complexity index is 598. The summed E-state index contributed by atoms with van der Waals surface area (Å²) in [4.78, 5) is 14.9. The van der Waals surface area contributed by atoms with E-state index in [1.807, 2.05) is 0 Å². The van der Waals surface area contributed by atoms with Crippen molar-refractivity contribution in [3.8, 4) is 11.3 Å². The molecule has 7 nitrogen and oxygen atoms in total. The van der Waals surface area contributed by atoms with Crippen LogP contribution in [0.5, 0.6) is 0 Å². The van der Waals surface area contributed by atoms with Gasteiger partial charge in [0.1, 0.15) is 6.04 Å². The van der Waals surface area contributed by atoms with Gasteiger partial charge in [-0.3, -0.25) is 0 Å². The van der Waals surface area contributed by atoms with E-state index in [0.717, 1.165) is 0 Å². The smallest absolute Gasteiger partial charge is 0.326 e. The van der Waals surface area contributed by atoms with Gasteiger partial charge < -0.3 is 15.4 Å². The number of nitrogens with two attached hydrogens (primary N) is 1. The molecule has 8 heteroatoms. The molecule has 2 aromatic heterocycles. The van der Waals surface area contributed by atoms with E-state index in [1.165, 1.54) is 17.0 Å². The molecule has 0 fully saturated rings. The van der Waals surface area contributed by atoms with Crippen molar-refractivity contribution in [1.82, 2.24) is 19.7 Å². The second-order valence-corrected chi connectivity index (χ2v) is 4.07. The highest BCUT2D eigenvalue weighted by Crippen LogP contribution is 2.24. The molecule has 0 spiro atoms. The van der Waals surface area contributed by atoms with E-state index < -0.39 is 12.0 Å². The second kappa shape index (κ2) is 4.61.